The van der Waals surface area contributed by atoms with Gasteiger partial charge in [-0.3, -0.25) is 9.59 Å². The Morgan fingerprint density at radius 3 is 2.27 bits per heavy atom. The molecular formula is C17H27N3O2. The van der Waals surface area contributed by atoms with Gasteiger partial charge in [0.05, 0.1) is 6.54 Å². The van der Waals surface area contributed by atoms with Gasteiger partial charge in [-0.05, 0) is 51.5 Å². The molecule has 3 N–H and O–H groups in total. The van der Waals surface area contributed by atoms with Gasteiger partial charge in [0.1, 0.15) is 0 Å². The van der Waals surface area contributed by atoms with Crippen molar-refractivity contribution in [3.8, 4) is 0 Å². The van der Waals surface area contributed by atoms with Crippen LogP contribution >= 0.6 is 0 Å². The van der Waals surface area contributed by atoms with E-state index in [4.69, 9.17) is 0 Å². The van der Waals surface area contributed by atoms with Crippen LogP contribution in [0.5, 0.6) is 0 Å². The van der Waals surface area contributed by atoms with Gasteiger partial charge >= 0.3 is 0 Å². The van der Waals surface area contributed by atoms with Crippen molar-refractivity contribution < 1.29 is 9.59 Å². The van der Waals surface area contributed by atoms with Crippen molar-refractivity contribution in [2.75, 3.05) is 18.4 Å². The first-order chi connectivity index (χ1) is 10.3. The first-order valence-electron chi connectivity index (χ1n) is 7.75. The maximum Gasteiger partial charge on any atom is 0.251 e. The molecule has 0 saturated heterocycles. The van der Waals surface area contributed by atoms with Crippen molar-refractivity contribution in [2.45, 2.75) is 46.1 Å². The van der Waals surface area contributed by atoms with E-state index in [0.717, 1.165) is 18.5 Å². The summed E-state index contributed by atoms with van der Waals surface area (Å²) >= 11 is 0. The second-order valence-corrected chi connectivity index (χ2v) is 6.34. The van der Waals surface area contributed by atoms with Gasteiger partial charge in [-0.25, -0.2) is 0 Å². The minimum atomic E-state index is -0.259. The number of unbranched alkanes of at least 4 members (excludes halogenated alkanes) is 1. The fourth-order valence-corrected chi connectivity index (χ4v) is 1.80. The number of carbonyl (C=O) groups is 2. The lowest BCUT2D eigenvalue weighted by Gasteiger charge is -2.20. The van der Waals surface area contributed by atoms with E-state index in [1.165, 1.54) is 0 Å². The molecule has 0 saturated carbocycles. The van der Waals surface area contributed by atoms with Crippen molar-refractivity contribution >= 4 is 17.5 Å². The Morgan fingerprint density at radius 2 is 1.73 bits per heavy atom. The number of carbonyl (C=O) groups excluding carboxylic acids is 2. The van der Waals surface area contributed by atoms with Crippen molar-refractivity contribution in [2.24, 2.45) is 0 Å². The zero-order valence-electron chi connectivity index (χ0n) is 14.0. The summed E-state index contributed by atoms with van der Waals surface area (Å²) in [5, 5.41) is 8.80. The van der Waals surface area contributed by atoms with E-state index in [1.54, 1.807) is 24.3 Å². The Bertz CT molecular complexity index is 490. The Kier molecular flexibility index (Phi) is 6.89. The van der Waals surface area contributed by atoms with Crippen LogP contribution in [0.1, 0.15) is 50.9 Å². The number of rotatable bonds is 7. The zero-order chi connectivity index (χ0) is 16.6. The highest BCUT2D eigenvalue weighted by molar-refractivity contribution is 5.95. The van der Waals surface area contributed by atoms with Crippen LogP contribution in [0.25, 0.3) is 0 Å². The molecule has 0 aromatic heterocycles. The lowest BCUT2D eigenvalue weighted by Crippen LogP contribution is -2.40. The molecule has 0 unspecified atom stereocenters. The summed E-state index contributed by atoms with van der Waals surface area (Å²) < 4.78 is 0. The van der Waals surface area contributed by atoms with Crippen LogP contribution in [0, 0.1) is 0 Å². The Hall–Kier alpha value is -2.04. The normalized spacial score (nSPS) is 10.9. The largest absolute Gasteiger partial charge is 0.376 e. The molecular weight excluding hydrogens is 278 g/mol. The minimum absolute atomic E-state index is 0.0250. The third-order valence-corrected chi connectivity index (χ3v) is 2.94. The Balaban J connectivity index is 2.45. The topological polar surface area (TPSA) is 70.2 Å². The van der Waals surface area contributed by atoms with E-state index in [9.17, 15) is 9.59 Å². The predicted octanol–water partition coefficient (Wildman–Crippen LogP) is 2.54. The lowest BCUT2D eigenvalue weighted by atomic mass is 10.1. The van der Waals surface area contributed by atoms with E-state index in [-0.39, 0.29) is 23.9 Å². The number of hydrogen-bond donors (Lipinski definition) is 3. The molecule has 0 heterocycles. The van der Waals surface area contributed by atoms with Crippen molar-refractivity contribution in [1.82, 2.24) is 10.6 Å². The van der Waals surface area contributed by atoms with E-state index in [0.29, 0.717) is 12.1 Å². The summed E-state index contributed by atoms with van der Waals surface area (Å²) in [6, 6.07) is 7.10. The standard InChI is InChI=1S/C17H27N3O2/c1-5-6-11-18-15(21)12-19-14-9-7-13(8-10-14)16(22)20-17(2,3)4/h7-10,19H,5-6,11-12H2,1-4H3,(H,18,21)(H,20,22). The molecule has 0 spiro atoms. The summed E-state index contributed by atoms with van der Waals surface area (Å²) in [4.78, 5) is 23.6. The quantitative estimate of drug-likeness (QED) is 0.678. The number of hydrogen-bond acceptors (Lipinski definition) is 3. The van der Waals surface area contributed by atoms with Gasteiger partial charge in [-0.2, -0.15) is 0 Å². The number of anilines is 1. The first kappa shape index (κ1) is 18.0. The van der Waals surface area contributed by atoms with Crippen molar-refractivity contribution in [1.29, 1.82) is 0 Å². The molecule has 5 nitrogen and oxygen atoms in total. The van der Waals surface area contributed by atoms with E-state index >= 15 is 0 Å². The van der Waals surface area contributed by atoms with E-state index in [2.05, 4.69) is 22.9 Å². The summed E-state index contributed by atoms with van der Waals surface area (Å²) in [7, 11) is 0. The second-order valence-electron chi connectivity index (χ2n) is 6.34. The van der Waals surface area contributed by atoms with Gasteiger partial charge in [0.25, 0.3) is 5.91 Å². The molecule has 0 radical (unpaired) electrons. The average molecular weight is 305 g/mol. The Labute approximate surface area is 132 Å². The molecule has 1 aromatic carbocycles. The number of nitrogens with one attached hydrogen (secondary N) is 3. The van der Waals surface area contributed by atoms with Crippen molar-refractivity contribution in [3.05, 3.63) is 29.8 Å². The molecule has 0 aliphatic carbocycles. The van der Waals surface area contributed by atoms with Gasteiger partial charge in [-0.1, -0.05) is 13.3 Å². The maximum atomic E-state index is 12.0. The van der Waals surface area contributed by atoms with Gasteiger partial charge in [0.15, 0.2) is 0 Å². The average Bonchev–Trinajstić information content (AvgIpc) is 2.44. The minimum Gasteiger partial charge on any atom is -0.376 e. The number of benzene rings is 1. The van der Waals surface area contributed by atoms with Gasteiger partial charge in [-0.15, -0.1) is 0 Å². The first-order valence-corrected chi connectivity index (χ1v) is 7.75. The van der Waals surface area contributed by atoms with Crippen LogP contribution in [-0.4, -0.2) is 30.4 Å². The van der Waals surface area contributed by atoms with Gasteiger partial charge in [0, 0.05) is 23.3 Å². The number of amides is 2. The highest BCUT2D eigenvalue weighted by Crippen LogP contribution is 2.10. The van der Waals surface area contributed by atoms with Crippen LogP contribution in [0.3, 0.4) is 0 Å². The third-order valence-electron chi connectivity index (χ3n) is 2.94. The highest BCUT2D eigenvalue weighted by Gasteiger charge is 2.14. The van der Waals surface area contributed by atoms with Gasteiger partial charge < -0.3 is 16.0 Å². The van der Waals surface area contributed by atoms with Crippen LogP contribution < -0.4 is 16.0 Å². The molecule has 1 aromatic rings. The van der Waals surface area contributed by atoms with Crippen LogP contribution in [0.2, 0.25) is 0 Å². The molecule has 122 valence electrons. The molecule has 22 heavy (non-hydrogen) atoms. The van der Waals surface area contributed by atoms with Crippen LogP contribution in [0.15, 0.2) is 24.3 Å². The van der Waals surface area contributed by atoms with Crippen LogP contribution in [0.4, 0.5) is 5.69 Å². The summed E-state index contributed by atoms with van der Waals surface area (Å²) in [5.41, 5.74) is 1.16. The molecule has 0 aliphatic heterocycles. The molecule has 0 aliphatic rings. The summed E-state index contributed by atoms with van der Waals surface area (Å²) in [6.07, 6.45) is 2.05. The molecule has 2 amide bonds. The predicted molar refractivity (Wildman–Crippen MR) is 90.1 cm³/mol. The smallest absolute Gasteiger partial charge is 0.251 e. The van der Waals surface area contributed by atoms with E-state index in [1.807, 2.05) is 20.8 Å². The molecule has 0 fully saturated rings. The fourth-order valence-electron chi connectivity index (χ4n) is 1.80. The zero-order valence-corrected chi connectivity index (χ0v) is 14.0. The van der Waals surface area contributed by atoms with E-state index < -0.39 is 0 Å². The molecule has 0 bridgehead atoms. The Morgan fingerprint density at radius 1 is 1.09 bits per heavy atom. The maximum absolute atomic E-state index is 12.0. The third kappa shape index (κ3) is 7.11. The fraction of sp³-hybridized carbons (Fsp3) is 0.529. The second kappa shape index (κ2) is 8.41. The molecule has 0 atom stereocenters. The SMILES string of the molecule is CCCCNC(=O)CNc1ccc(C(=O)NC(C)(C)C)cc1. The van der Waals surface area contributed by atoms with Gasteiger partial charge in [0.2, 0.25) is 5.91 Å². The molecule has 5 heteroatoms. The lowest BCUT2D eigenvalue weighted by molar-refractivity contribution is -0.119. The highest BCUT2D eigenvalue weighted by atomic mass is 16.2. The molecule has 1 rings (SSSR count). The van der Waals surface area contributed by atoms with Crippen LogP contribution in [-0.2, 0) is 4.79 Å². The monoisotopic (exact) mass is 305 g/mol. The summed E-state index contributed by atoms with van der Waals surface area (Å²) in [5.74, 6) is -0.126. The van der Waals surface area contributed by atoms with Crippen molar-refractivity contribution in [3.63, 3.8) is 0 Å². The summed E-state index contributed by atoms with van der Waals surface area (Å²) in [6.45, 7) is 8.86.